The standard InChI is InChI=1S/C9H7NO2.Cu/c11-8-5-1-3-7-4-2-6-10(12)9(7)8;/h1-6,11H;/q;+2. The van der Waals surface area contributed by atoms with Gasteiger partial charge in [0.1, 0.15) is 0 Å². The van der Waals surface area contributed by atoms with Gasteiger partial charge in [0.25, 0.3) is 5.52 Å². The summed E-state index contributed by atoms with van der Waals surface area (Å²) in [5, 5.41) is 21.2. The van der Waals surface area contributed by atoms with E-state index >= 15 is 0 Å². The van der Waals surface area contributed by atoms with Gasteiger partial charge in [-0.25, -0.2) is 0 Å². The second kappa shape index (κ2) is 3.64. The summed E-state index contributed by atoms with van der Waals surface area (Å²) in [6.07, 6.45) is 1.36. The summed E-state index contributed by atoms with van der Waals surface area (Å²) in [7, 11) is 0. The van der Waals surface area contributed by atoms with Crippen LogP contribution in [-0.4, -0.2) is 5.11 Å². The largest absolute Gasteiger partial charge is 2.00 e. The van der Waals surface area contributed by atoms with Crippen molar-refractivity contribution in [3.8, 4) is 5.75 Å². The summed E-state index contributed by atoms with van der Waals surface area (Å²) in [5.74, 6) is 0.0168. The van der Waals surface area contributed by atoms with Crippen molar-refractivity contribution in [1.82, 2.24) is 0 Å². The Labute approximate surface area is 85.7 Å². The second-order valence-electron chi connectivity index (χ2n) is 2.55. The van der Waals surface area contributed by atoms with Gasteiger partial charge in [-0.3, -0.25) is 0 Å². The molecule has 3 nitrogen and oxygen atoms in total. The Morgan fingerprint density at radius 3 is 2.54 bits per heavy atom. The molecule has 0 saturated carbocycles. The van der Waals surface area contributed by atoms with Crippen LogP contribution in [0, 0.1) is 5.21 Å². The summed E-state index contributed by atoms with van der Waals surface area (Å²) in [5.41, 5.74) is 0.319. The Balaban J connectivity index is 0.000000845. The fourth-order valence-electron chi connectivity index (χ4n) is 1.22. The van der Waals surface area contributed by atoms with Crippen molar-refractivity contribution < 1.29 is 26.9 Å². The number of hydrogen-bond donors (Lipinski definition) is 1. The number of para-hydroxylation sites is 1. The summed E-state index contributed by atoms with van der Waals surface area (Å²) in [6, 6.07) is 8.41. The van der Waals surface area contributed by atoms with Gasteiger partial charge >= 0.3 is 17.1 Å². The Morgan fingerprint density at radius 2 is 1.85 bits per heavy atom. The Bertz CT molecular complexity index is 394. The van der Waals surface area contributed by atoms with E-state index < -0.39 is 0 Å². The van der Waals surface area contributed by atoms with E-state index in [-0.39, 0.29) is 22.8 Å². The van der Waals surface area contributed by atoms with E-state index in [0.717, 1.165) is 5.39 Å². The summed E-state index contributed by atoms with van der Waals surface area (Å²) in [4.78, 5) is 0. The smallest absolute Gasteiger partial charge is 0.618 e. The predicted molar refractivity (Wildman–Crippen MR) is 44.6 cm³/mol. The van der Waals surface area contributed by atoms with E-state index in [1.807, 2.05) is 0 Å². The van der Waals surface area contributed by atoms with Crippen molar-refractivity contribution >= 4 is 10.9 Å². The predicted octanol–water partition coefficient (Wildman–Crippen LogP) is 1.18. The second-order valence-corrected chi connectivity index (χ2v) is 2.55. The van der Waals surface area contributed by atoms with Crippen molar-refractivity contribution in [3.05, 3.63) is 41.7 Å². The van der Waals surface area contributed by atoms with Gasteiger partial charge in [0, 0.05) is 6.07 Å². The van der Waals surface area contributed by atoms with Crippen molar-refractivity contribution in [3.63, 3.8) is 0 Å². The van der Waals surface area contributed by atoms with E-state index in [2.05, 4.69) is 0 Å². The molecule has 0 saturated heterocycles. The van der Waals surface area contributed by atoms with Crippen LogP contribution in [0.25, 0.3) is 10.9 Å². The molecule has 0 unspecified atom stereocenters. The summed E-state index contributed by atoms with van der Waals surface area (Å²) in [6.45, 7) is 0. The number of fused-ring (bicyclic) bond motifs is 1. The van der Waals surface area contributed by atoms with Crippen LogP contribution in [0.15, 0.2) is 36.5 Å². The number of hydrogen-bond acceptors (Lipinski definition) is 2. The molecule has 0 aliphatic rings. The molecule has 0 amide bonds. The zero-order chi connectivity index (χ0) is 8.55. The third kappa shape index (κ3) is 1.59. The first kappa shape index (κ1) is 9.83. The quantitative estimate of drug-likeness (QED) is 0.415. The van der Waals surface area contributed by atoms with Gasteiger partial charge in [0.15, 0.2) is 11.9 Å². The molecule has 0 spiro atoms. The Kier molecular flexibility index (Phi) is 2.76. The maximum atomic E-state index is 11.2. The average molecular weight is 225 g/mol. The molecule has 0 fully saturated rings. The molecule has 2 aromatic rings. The van der Waals surface area contributed by atoms with Gasteiger partial charge in [-0.05, 0) is 18.2 Å². The van der Waals surface area contributed by atoms with Crippen LogP contribution in [0.1, 0.15) is 0 Å². The minimum atomic E-state index is 0. The first-order valence-electron chi connectivity index (χ1n) is 3.59. The number of aromatic hydroxyl groups is 1. The molecule has 2 rings (SSSR count). The maximum Gasteiger partial charge on any atom is 2.00 e. The monoisotopic (exact) mass is 224 g/mol. The summed E-state index contributed by atoms with van der Waals surface area (Å²) >= 11 is 0. The molecule has 13 heavy (non-hydrogen) atoms. The van der Waals surface area contributed by atoms with Crippen LogP contribution < -0.4 is 4.73 Å². The minimum absolute atomic E-state index is 0. The van der Waals surface area contributed by atoms with E-state index in [0.29, 0.717) is 10.2 Å². The first-order chi connectivity index (χ1) is 5.79. The summed E-state index contributed by atoms with van der Waals surface area (Å²) < 4.78 is 0.657. The van der Waals surface area contributed by atoms with Crippen LogP contribution >= 0.6 is 0 Å². The molecule has 1 heterocycles. The van der Waals surface area contributed by atoms with Gasteiger partial charge in [0.05, 0.1) is 5.39 Å². The SMILES string of the molecule is [Cu+2].[O-][n+]1cccc2cccc(O)c21. The number of phenolic OH excluding ortho intramolecular Hbond substituents is 1. The van der Waals surface area contributed by atoms with Crippen LogP contribution in [0.5, 0.6) is 5.75 Å². The normalized spacial score (nSPS) is 9.54. The fraction of sp³-hybridized carbons (Fsp3) is 0. The number of nitrogens with zero attached hydrogens (tertiary/aromatic N) is 1. The van der Waals surface area contributed by atoms with Crippen molar-refractivity contribution in [2.45, 2.75) is 0 Å². The number of pyridine rings is 1. The van der Waals surface area contributed by atoms with Gasteiger partial charge in [-0.15, -0.1) is 0 Å². The molecule has 0 aliphatic carbocycles. The Hall–Kier alpha value is -1.25. The molecule has 0 bridgehead atoms. The third-order valence-corrected chi connectivity index (χ3v) is 1.76. The van der Waals surface area contributed by atoms with Crippen LogP contribution in [0.4, 0.5) is 0 Å². The maximum absolute atomic E-state index is 11.2. The minimum Gasteiger partial charge on any atom is -0.618 e. The van der Waals surface area contributed by atoms with Gasteiger partial charge in [-0.1, -0.05) is 6.07 Å². The van der Waals surface area contributed by atoms with Crippen molar-refractivity contribution in [2.24, 2.45) is 0 Å². The molecular weight excluding hydrogens is 218 g/mol. The molecular formula is C9H7CuNO2+2. The molecule has 0 atom stereocenters. The molecule has 1 aromatic carbocycles. The van der Waals surface area contributed by atoms with E-state index in [9.17, 15) is 10.3 Å². The van der Waals surface area contributed by atoms with E-state index in [1.54, 1.807) is 24.3 Å². The first-order valence-corrected chi connectivity index (χ1v) is 3.59. The van der Waals surface area contributed by atoms with Crippen molar-refractivity contribution in [1.29, 1.82) is 0 Å². The number of aromatic nitrogens is 1. The zero-order valence-electron chi connectivity index (χ0n) is 6.57. The zero-order valence-corrected chi connectivity index (χ0v) is 7.51. The number of rotatable bonds is 0. The van der Waals surface area contributed by atoms with Gasteiger partial charge < -0.3 is 10.3 Å². The molecule has 1 aromatic heterocycles. The average Bonchev–Trinajstić information content (AvgIpc) is 2.04. The van der Waals surface area contributed by atoms with Crippen molar-refractivity contribution in [2.75, 3.05) is 0 Å². The fourth-order valence-corrected chi connectivity index (χ4v) is 1.22. The van der Waals surface area contributed by atoms with Gasteiger partial charge in [-0.2, -0.15) is 4.73 Å². The van der Waals surface area contributed by atoms with E-state index in [1.165, 1.54) is 12.3 Å². The molecule has 1 radical (unpaired) electrons. The van der Waals surface area contributed by atoms with Crippen LogP contribution in [0.2, 0.25) is 0 Å². The molecule has 4 heteroatoms. The van der Waals surface area contributed by atoms with Crippen LogP contribution in [-0.2, 0) is 17.1 Å². The number of phenols is 1. The number of benzene rings is 1. The molecule has 0 aliphatic heterocycles. The molecule has 69 valence electrons. The third-order valence-electron chi connectivity index (χ3n) is 1.76. The Morgan fingerprint density at radius 1 is 1.15 bits per heavy atom. The van der Waals surface area contributed by atoms with Gasteiger partial charge in [0.2, 0.25) is 0 Å². The topological polar surface area (TPSA) is 47.2 Å². The van der Waals surface area contributed by atoms with Crippen LogP contribution in [0.3, 0.4) is 0 Å². The van der Waals surface area contributed by atoms with E-state index in [4.69, 9.17) is 0 Å². The molecule has 1 N–H and O–H groups in total.